The Bertz CT molecular complexity index is 782. The maximum Gasteiger partial charge on any atom is 0.271 e. The molecule has 0 spiro atoms. The van der Waals surface area contributed by atoms with Gasteiger partial charge >= 0.3 is 0 Å². The van der Waals surface area contributed by atoms with Crippen molar-refractivity contribution < 1.29 is 14.1 Å². The van der Waals surface area contributed by atoms with Gasteiger partial charge in [0.25, 0.3) is 5.69 Å². The molecule has 0 saturated carbocycles. The molecule has 0 aliphatic carbocycles. The molecule has 118 valence electrons. The minimum Gasteiger partial charge on any atom is -0.311 e. The minimum atomic E-state index is -0.477. The van der Waals surface area contributed by atoms with Crippen molar-refractivity contribution in [3.05, 3.63) is 64.0 Å². The molecule has 1 heterocycles. The van der Waals surface area contributed by atoms with E-state index in [2.05, 4.69) is 0 Å². The third-order valence-electron chi connectivity index (χ3n) is 3.66. The highest BCUT2D eigenvalue weighted by Crippen LogP contribution is 2.32. The number of hydrogen-bond donors (Lipinski definition) is 0. The first-order chi connectivity index (χ1) is 11.1. The number of carbonyl (C=O) groups is 1. The van der Waals surface area contributed by atoms with Gasteiger partial charge in [-0.2, -0.15) is 0 Å². The number of thioether (sulfide) groups is 1. The summed E-state index contributed by atoms with van der Waals surface area (Å²) in [5.41, 5.74) is 1.46. The molecule has 0 bridgehead atoms. The second-order valence-electron chi connectivity index (χ2n) is 5.08. The number of fused-ring (bicyclic) bond motifs is 1. The van der Waals surface area contributed by atoms with Crippen LogP contribution < -0.4 is 4.90 Å². The van der Waals surface area contributed by atoms with Crippen LogP contribution in [0.3, 0.4) is 0 Å². The van der Waals surface area contributed by atoms with Crippen LogP contribution in [0.2, 0.25) is 0 Å². The van der Waals surface area contributed by atoms with Gasteiger partial charge in [-0.05, 0) is 24.1 Å². The van der Waals surface area contributed by atoms with E-state index >= 15 is 0 Å². The van der Waals surface area contributed by atoms with E-state index in [4.69, 9.17) is 0 Å². The molecule has 0 atom stereocenters. The number of nitro groups is 1. The van der Waals surface area contributed by atoms with Crippen LogP contribution in [0.15, 0.2) is 47.4 Å². The van der Waals surface area contributed by atoms with E-state index in [9.17, 15) is 19.3 Å². The summed E-state index contributed by atoms with van der Waals surface area (Å²) in [7, 11) is 0. The summed E-state index contributed by atoms with van der Waals surface area (Å²) in [4.78, 5) is 24.7. The second kappa shape index (κ2) is 6.37. The molecule has 23 heavy (non-hydrogen) atoms. The van der Waals surface area contributed by atoms with Crippen molar-refractivity contribution in [3.63, 3.8) is 0 Å². The Labute approximate surface area is 136 Å². The summed E-state index contributed by atoms with van der Waals surface area (Å²) in [5.74, 6) is -0.455. The number of halogens is 1. The molecular formula is C16H13FN2O3S. The molecule has 1 amide bonds. The molecular weight excluding hydrogens is 319 g/mol. The fourth-order valence-corrected chi connectivity index (χ4v) is 3.33. The van der Waals surface area contributed by atoms with E-state index in [0.717, 1.165) is 17.3 Å². The highest BCUT2D eigenvalue weighted by atomic mass is 32.2. The van der Waals surface area contributed by atoms with Gasteiger partial charge in [0.05, 0.1) is 16.4 Å². The highest BCUT2D eigenvalue weighted by molar-refractivity contribution is 8.00. The molecule has 1 aliphatic rings. The Balaban J connectivity index is 1.74. The zero-order chi connectivity index (χ0) is 16.4. The molecule has 0 unspecified atom stereocenters. The van der Waals surface area contributed by atoms with Crippen LogP contribution in [0, 0.1) is 15.9 Å². The van der Waals surface area contributed by atoms with Crippen LogP contribution in [-0.2, 0) is 11.2 Å². The molecule has 5 nitrogen and oxygen atoms in total. The Morgan fingerprint density at radius 3 is 2.83 bits per heavy atom. The first-order valence-electron chi connectivity index (χ1n) is 7.01. The van der Waals surface area contributed by atoms with Crippen molar-refractivity contribution in [1.29, 1.82) is 0 Å². The lowest BCUT2D eigenvalue weighted by molar-refractivity contribution is -0.384. The van der Waals surface area contributed by atoms with Crippen molar-refractivity contribution in [2.75, 3.05) is 17.2 Å². The van der Waals surface area contributed by atoms with Crippen molar-refractivity contribution in [3.8, 4) is 0 Å². The molecule has 0 aromatic heterocycles. The van der Waals surface area contributed by atoms with E-state index in [-0.39, 0.29) is 23.2 Å². The topological polar surface area (TPSA) is 63.5 Å². The van der Waals surface area contributed by atoms with Gasteiger partial charge in [-0.3, -0.25) is 14.9 Å². The van der Waals surface area contributed by atoms with Crippen LogP contribution in [0.5, 0.6) is 0 Å². The lowest BCUT2D eigenvalue weighted by Gasteiger charge is -2.17. The number of nitro benzene ring substituents is 1. The lowest BCUT2D eigenvalue weighted by Crippen LogP contribution is -2.30. The Morgan fingerprint density at radius 1 is 1.30 bits per heavy atom. The Morgan fingerprint density at radius 2 is 2.09 bits per heavy atom. The molecule has 0 fully saturated rings. The van der Waals surface area contributed by atoms with Crippen molar-refractivity contribution in [1.82, 2.24) is 0 Å². The summed E-state index contributed by atoms with van der Waals surface area (Å²) in [6, 6.07) is 10.8. The molecule has 0 radical (unpaired) electrons. The van der Waals surface area contributed by atoms with Gasteiger partial charge in [0.1, 0.15) is 5.82 Å². The lowest BCUT2D eigenvalue weighted by atomic mass is 10.1. The van der Waals surface area contributed by atoms with Crippen LogP contribution in [0.4, 0.5) is 15.8 Å². The summed E-state index contributed by atoms with van der Waals surface area (Å²) < 4.78 is 13.6. The van der Waals surface area contributed by atoms with Gasteiger partial charge in [0.15, 0.2) is 0 Å². The second-order valence-corrected chi connectivity index (χ2v) is 6.10. The Hall–Kier alpha value is -2.41. The summed E-state index contributed by atoms with van der Waals surface area (Å²) in [6.45, 7) is 0.493. The van der Waals surface area contributed by atoms with Crippen molar-refractivity contribution in [2.24, 2.45) is 0 Å². The van der Waals surface area contributed by atoms with Gasteiger partial charge in [-0.1, -0.05) is 18.2 Å². The van der Waals surface area contributed by atoms with Gasteiger partial charge in [0, 0.05) is 23.6 Å². The molecule has 7 heteroatoms. The van der Waals surface area contributed by atoms with Crippen molar-refractivity contribution >= 4 is 29.0 Å². The third kappa shape index (κ3) is 3.19. The third-order valence-corrected chi connectivity index (χ3v) is 4.70. The largest absolute Gasteiger partial charge is 0.311 e. The first kappa shape index (κ1) is 15.5. The first-order valence-corrected chi connectivity index (χ1v) is 8.00. The number of hydrogen-bond acceptors (Lipinski definition) is 4. The average Bonchev–Trinajstić information content (AvgIpc) is 2.97. The number of non-ortho nitro benzene ring substituents is 1. The SMILES string of the molecule is O=C(CSc1ccccc1F)N1CCc2ccc([N+](=O)[O-])cc21. The zero-order valence-electron chi connectivity index (χ0n) is 12.1. The number of anilines is 1. The van der Waals surface area contributed by atoms with Gasteiger partial charge in [-0.25, -0.2) is 4.39 Å². The molecule has 3 rings (SSSR count). The van der Waals surface area contributed by atoms with Gasteiger partial charge in [0.2, 0.25) is 5.91 Å². The summed E-state index contributed by atoms with van der Waals surface area (Å²) in [5, 5.41) is 10.9. The normalized spacial score (nSPS) is 13.0. The molecule has 0 N–H and O–H groups in total. The zero-order valence-corrected chi connectivity index (χ0v) is 12.9. The number of amides is 1. The predicted molar refractivity (Wildman–Crippen MR) is 86.3 cm³/mol. The van der Waals surface area contributed by atoms with Gasteiger partial charge in [-0.15, -0.1) is 11.8 Å². The minimum absolute atomic E-state index is 0.0368. The predicted octanol–water partition coefficient (Wildman–Crippen LogP) is 3.42. The van der Waals surface area contributed by atoms with E-state index in [1.54, 1.807) is 24.3 Å². The number of benzene rings is 2. The van der Waals surface area contributed by atoms with Gasteiger partial charge < -0.3 is 4.90 Å². The fourth-order valence-electron chi connectivity index (χ4n) is 2.52. The summed E-state index contributed by atoms with van der Waals surface area (Å²) >= 11 is 1.13. The number of carbonyl (C=O) groups excluding carboxylic acids is 1. The maximum atomic E-state index is 13.6. The number of nitrogens with zero attached hydrogens (tertiary/aromatic N) is 2. The smallest absolute Gasteiger partial charge is 0.271 e. The summed E-state index contributed by atoms with van der Waals surface area (Å²) in [6.07, 6.45) is 0.670. The number of rotatable bonds is 4. The van der Waals surface area contributed by atoms with E-state index in [0.29, 0.717) is 23.5 Å². The molecule has 2 aromatic rings. The van der Waals surface area contributed by atoms with E-state index in [1.807, 2.05) is 0 Å². The van der Waals surface area contributed by atoms with Crippen LogP contribution in [-0.4, -0.2) is 23.1 Å². The van der Waals surface area contributed by atoms with E-state index in [1.165, 1.54) is 23.1 Å². The highest BCUT2D eigenvalue weighted by Gasteiger charge is 2.26. The van der Waals surface area contributed by atoms with E-state index < -0.39 is 4.92 Å². The molecule has 2 aromatic carbocycles. The Kier molecular flexibility index (Phi) is 4.29. The monoisotopic (exact) mass is 332 g/mol. The fraction of sp³-hybridized carbons (Fsp3) is 0.188. The quantitative estimate of drug-likeness (QED) is 0.489. The standard InChI is InChI=1S/C16H13FN2O3S/c17-13-3-1-2-4-15(13)23-10-16(20)18-8-7-11-5-6-12(19(21)22)9-14(11)18/h1-6,9H,7-8,10H2. The maximum absolute atomic E-state index is 13.6. The molecule has 0 saturated heterocycles. The van der Waals surface area contributed by atoms with Crippen molar-refractivity contribution in [2.45, 2.75) is 11.3 Å². The average molecular weight is 332 g/mol. The van der Waals surface area contributed by atoms with Crippen LogP contribution in [0.1, 0.15) is 5.56 Å². The van der Waals surface area contributed by atoms with Crippen LogP contribution >= 0.6 is 11.8 Å². The van der Waals surface area contributed by atoms with Crippen LogP contribution in [0.25, 0.3) is 0 Å². The molecule has 1 aliphatic heterocycles.